The third-order valence-electron chi connectivity index (χ3n) is 3.65. The molecule has 4 nitrogen and oxygen atoms in total. The first kappa shape index (κ1) is 15.8. The highest BCUT2D eigenvalue weighted by atomic mass is 35.5. The Morgan fingerprint density at radius 3 is 2.74 bits per heavy atom. The highest BCUT2D eigenvalue weighted by molar-refractivity contribution is 7.17. The van der Waals surface area contributed by atoms with Gasteiger partial charge in [0.2, 0.25) is 0 Å². The van der Waals surface area contributed by atoms with E-state index in [0.717, 1.165) is 27.8 Å². The van der Waals surface area contributed by atoms with Crippen LogP contribution in [0.4, 0.5) is 0 Å². The average molecular weight is 349 g/mol. The van der Waals surface area contributed by atoms with Crippen molar-refractivity contribution < 1.29 is 13.9 Å². The smallest absolute Gasteiger partial charge is 0.348 e. The summed E-state index contributed by atoms with van der Waals surface area (Å²) in [6.07, 6.45) is 0. The van der Waals surface area contributed by atoms with Crippen LogP contribution in [0.1, 0.15) is 26.4 Å². The fraction of sp³-hybridized carbons (Fsp3) is 0.176. The molecule has 23 heavy (non-hydrogen) atoms. The lowest BCUT2D eigenvalue weighted by Gasteiger charge is -2.09. The summed E-state index contributed by atoms with van der Waals surface area (Å²) in [5.74, 6) is -0.466. The van der Waals surface area contributed by atoms with Crippen molar-refractivity contribution in [1.82, 2.24) is 0 Å². The van der Waals surface area contributed by atoms with E-state index in [0.29, 0.717) is 20.4 Å². The number of benzene rings is 1. The molecule has 0 aliphatic carbocycles. The molecule has 0 spiro atoms. The minimum Gasteiger partial charge on any atom is -0.457 e. The lowest BCUT2D eigenvalue weighted by Crippen LogP contribution is -2.07. The number of rotatable bonds is 3. The predicted molar refractivity (Wildman–Crippen MR) is 90.4 cm³/mol. The quantitative estimate of drug-likeness (QED) is 0.517. The summed E-state index contributed by atoms with van der Waals surface area (Å²) in [4.78, 5) is 24.2. The Labute approximate surface area is 141 Å². The van der Waals surface area contributed by atoms with Crippen molar-refractivity contribution in [1.29, 1.82) is 0 Å². The number of hydrogen-bond donors (Lipinski definition) is 0. The van der Waals surface area contributed by atoms with Crippen LogP contribution in [0.5, 0.6) is 0 Å². The minimum atomic E-state index is -0.466. The van der Waals surface area contributed by atoms with Crippen LogP contribution in [0, 0.1) is 13.8 Å². The maximum atomic E-state index is 12.0. The number of thiophene rings is 1. The summed E-state index contributed by atoms with van der Waals surface area (Å²) in [5.41, 5.74) is 2.62. The van der Waals surface area contributed by atoms with Crippen molar-refractivity contribution in [3.05, 3.63) is 66.7 Å². The molecule has 3 aromatic rings. The second-order valence-electron chi connectivity index (χ2n) is 5.15. The number of hydrogen-bond acceptors (Lipinski definition) is 5. The molecule has 118 valence electrons. The summed E-state index contributed by atoms with van der Waals surface area (Å²) in [5, 5.41) is 0.768. The second-order valence-corrected chi connectivity index (χ2v) is 6.87. The van der Waals surface area contributed by atoms with Gasteiger partial charge in [0.25, 0.3) is 0 Å². The van der Waals surface area contributed by atoms with E-state index in [4.69, 9.17) is 20.8 Å². The van der Waals surface area contributed by atoms with Crippen LogP contribution in [0.2, 0.25) is 4.34 Å². The lowest BCUT2D eigenvalue weighted by atomic mass is 10.0. The van der Waals surface area contributed by atoms with Gasteiger partial charge in [0.05, 0.1) is 4.34 Å². The average Bonchev–Trinajstić information content (AvgIpc) is 2.95. The van der Waals surface area contributed by atoms with Gasteiger partial charge in [0, 0.05) is 17.0 Å². The standard InChI is InChI=1S/C17H13ClO4S/c1-9-3-4-12-11(7-15(19)22-16(12)10(9)2)8-21-17(20)13-5-6-14(18)23-13/h3-7H,8H2,1-2H3. The zero-order valence-electron chi connectivity index (χ0n) is 12.5. The number of halogens is 1. The summed E-state index contributed by atoms with van der Waals surface area (Å²) in [7, 11) is 0. The largest absolute Gasteiger partial charge is 0.457 e. The maximum Gasteiger partial charge on any atom is 0.348 e. The van der Waals surface area contributed by atoms with Crippen LogP contribution < -0.4 is 5.63 Å². The summed E-state index contributed by atoms with van der Waals surface area (Å²) >= 11 is 6.96. The van der Waals surface area contributed by atoms with Crippen LogP contribution in [0.3, 0.4) is 0 Å². The molecule has 0 fully saturated rings. The molecule has 3 rings (SSSR count). The summed E-state index contributed by atoms with van der Waals surface area (Å²) < 4.78 is 11.1. The Kier molecular flexibility index (Phi) is 4.24. The molecule has 2 heterocycles. The Hall–Kier alpha value is -2.11. The number of ether oxygens (including phenoxy) is 1. The van der Waals surface area contributed by atoms with Crippen LogP contribution in [-0.2, 0) is 11.3 Å². The molecule has 0 radical (unpaired) electrons. The van der Waals surface area contributed by atoms with Gasteiger partial charge in [0.1, 0.15) is 17.1 Å². The minimum absolute atomic E-state index is 0.00104. The molecule has 0 saturated carbocycles. The fourth-order valence-corrected chi connectivity index (χ4v) is 3.22. The molecule has 0 amide bonds. The predicted octanol–water partition coefficient (Wildman–Crippen LogP) is 4.48. The zero-order valence-corrected chi connectivity index (χ0v) is 14.1. The second kappa shape index (κ2) is 6.18. The molecular weight excluding hydrogens is 336 g/mol. The molecule has 0 aliphatic heterocycles. The number of aryl methyl sites for hydroxylation is 2. The molecule has 0 unspecified atom stereocenters. The van der Waals surface area contributed by atoms with E-state index < -0.39 is 11.6 Å². The fourth-order valence-electron chi connectivity index (χ4n) is 2.28. The molecule has 2 aromatic heterocycles. The Bertz CT molecular complexity index is 955. The maximum absolute atomic E-state index is 12.0. The monoisotopic (exact) mass is 348 g/mol. The van der Waals surface area contributed by atoms with E-state index >= 15 is 0 Å². The number of fused-ring (bicyclic) bond motifs is 1. The van der Waals surface area contributed by atoms with Crippen LogP contribution in [-0.4, -0.2) is 5.97 Å². The topological polar surface area (TPSA) is 56.5 Å². The zero-order chi connectivity index (χ0) is 16.6. The molecule has 0 aliphatic rings. The first-order chi connectivity index (χ1) is 11.0. The Morgan fingerprint density at radius 1 is 1.26 bits per heavy atom. The van der Waals surface area contributed by atoms with Gasteiger partial charge in [0.15, 0.2) is 0 Å². The van der Waals surface area contributed by atoms with E-state index in [1.807, 2.05) is 26.0 Å². The van der Waals surface area contributed by atoms with E-state index in [2.05, 4.69) is 0 Å². The van der Waals surface area contributed by atoms with Crippen LogP contribution in [0.15, 0.2) is 39.5 Å². The molecule has 0 saturated heterocycles. The SMILES string of the molecule is Cc1ccc2c(COC(=O)c3ccc(Cl)s3)cc(=O)oc2c1C. The van der Waals surface area contributed by atoms with Crippen molar-refractivity contribution in [2.75, 3.05) is 0 Å². The van der Waals surface area contributed by atoms with Crippen molar-refractivity contribution >= 4 is 39.9 Å². The van der Waals surface area contributed by atoms with Gasteiger partial charge in [-0.2, -0.15) is 0 Å². The summed E-state index contributed by atoms with van der Waals surface area (Å²) in [6.45, 7) is 3.84. The lowest BCUT2D eigenvalue weighted by molar-refractivity contribution is 0.0479. The third kappa shape index (κ3) is 3.16. The Morgan fingerprint density at radius 2 is 2.04 bits per heavy atom. The molecule has 0 N–H and O–H groups in total. The molecule has 6 heteroatoms. The molecule has 0 atom stereocenters. The van der Waals surface area contributed by atoms with Crippen molar-refractivity contribution in [3.63, 3.8) is 0 Å². The normalized spacial score (nSPS) is 10.9. The molecule has 1 aromatic carbocycles. The summed E-state index contributed by atoms with van der Waals surface area (Å²) in [6, 6.07) is 8.42. The first-order valence-electron chi connectivity index (χ1n) is 6.91. The highest BCUT2D eigenvalue weighted by Crippen LogP contribution is 2.25. The van der Waals surface area contributed by atoms with E-state index in [-0.39, 0.29) is 6.61 Å². The number of esters is 1. The first-order valence-corrected chi connectivity index (χ1v) is 8.10. The van der Waals surface area contributed by atoms with E-state index in [1.54, 1.807) is 12.1 Å². The third-order valence-corrected chi connectivity index (χ3v) is 4.86. The number of carbonyl (C=O) groups is 1. The Balaban J connectivity index is 1.92. The van der Waals surface area contributed by atoms with Gasteiger partial charge in [-0.05, 0) is 37.1 Å². The van der Waals surface area contributed by atoms with Gasteiger partial charge in [-0.15, -0.1) is 11.3 Å². The van der Waals surface area contributed by atoms with Crippen molar-refractivity contribution in [3.8, 4) is 0 Å². The van der Waals surface area contributed by atoms with Gasteiger partial charge in [-0.3, -0.25) is 0 Å². The van der Waals surface area contributed by atoms with Crippen LogP contribution >= 0.6 is 22.9 Å². The van der Waals surface area contributed by atoms with E-state index in [1.165, 1.54) is 6.07 Å². The van der Waals surface area contributed by atoms with Crippen molar-refractivity contribution in [2.24, 2.45) is 0 Å². The van der Waals surface area contributed by atoms with Gasteiger partial charge >= 0.3 is 11.6 Å². The number of carbonyl (C=O) groups excluding carboxylic acids is 1. The van der Waals surface area contributed by atoms with Crippen LogP contribution in [0.25, 0.3) is 11.0 Å². The van der Waals surface area contributed by atoms with Gasteiger partial charge in [-0.1, -0.05) is 23.7 Å². The molecular formula is C17H13ClO4S. The highest BCUT2D eigenvalue weighted by Gasteiger charge is 2.14. The molecule has 0 bridgehead atoms. The van der Waals surface area contributed by atoms with E-state index in [9.17, 15) is 9.59 Å². The van der Waals surface area contributed by atoms with Gasteiger partial charge < -0.3 is 9.15 Å². The van der Waals surface area contributed by atoms with Gasteiger partial charge in [-0.25, -0.2) is 9.59 Å². The van der Waals surface area contributed by atoms with Crippen molar-refractivity contribution in [2.45, 2.75) is 20.5 Å².